The zero-order valence-corrected chi connectivity index (χ0v) is 16.9. The molecule has 1 amide bonds. The Morgan fingerprint density at radius 3 is 2.57 bits per heavy atom. The molecule has 156 valence electrons. The molecule has 10 heteroatoms. The highest BCUT2D eigenvalue weighted by molar-refractivity contribution is 7.90. The second-order valence-electron chi connectivity index (χ2n) is 6.60. The van der Waals surface area contributed by atoms with Crippen LogP contribution in [0, 0.1) is 5.95 Å². The number of ketones is 1. The Bertz CT molecular complexity index is 1240. The fraction of sp³-hybridized carbons (Fsp3) is 0.150. The molecular formula is C20H18FN3O5S. The minimum absolute atomic E-state index is 0.0115. The van der Waals surface area contributed by atoms with E-state index in [1.807, 2.05) is 0 Å². The highest BCUT2D eigenvalue weighted by Crippen LogP contribution is 2.29. The van der Waals surface area contributed by atoms with E-state index in [0.717, 1.165) is 8.87 Å². The number of carbonyl (C=O) groups excluding carboxylic acids is 1. The summed E-state index contributed by atoms with van der Waals surface area (Å²) in [5, 5.41) is 9.10. The first-order chi connectivity index (χ1) is 14.1. The molecule has 1 N–H and O–H groups in total. The molecule has 3 aromatic rings. The number of nitrogens with zero attached hydrogens (tertiary/aromatic N) is 3. The number of carbonyl (C=O) groups is 2. The van der Waals surface area contributed by atoms with Gasteiger partial charge in [-0.15, -0.1) is 0 Å². The molecule has 0 aliphatic heterocycles. The molecule has 0 fully saturated rings. The quantitative estimate of drug-likeness (QED) is 0.474. The first kappa shape index (κ1) is 21.2. The molecular weight excluding hydrogens is 413 g/mol. The van der Waals surface area contributed by atoms with Crippen molar-refractivity contribution < 1.29 is 27.5 Å². The average molecular weight is 431 g/mol. The van der Waals surface area contributed by atoms with Gasteiger partial charge in [0.05, 0.1) is 22.7 Å². The summed E-state index contributed by atoms with van der Waals surface area (Å²) in [6.45, 7) is 1.21. The van der Waals surface area contributed by atoms with Crippen LogP contribution in [-0.4, -0.2) is 46.3 Å². The maximum absolute atomic E-state index is 14.3. The molecule has 0 spiro atoms. The van der Waals surface area contributed by atoms with Crippen LogP contribution < -0.4 is 0 Å². The van der Waals surface area contributed by atoms with Gasteiger partial charge in [0.25, 0.3) is 10.0 Å². The third kappa shape index (κ3) is 4.08. The fourth-order valence-electron chi connectivity index (χ4n) is 2.89. The van der Waals surface area contributed by atoms with Gasteiger partial charge >= 0.3 is 6.09 Å². The number of benzene rings is 1. The SMILES string of the molecule is CC(=O)c1cccc(S(=O)(=O)n2cc(CN(C)C(=O)O)cc2-c2cccnc2F)c1. The Morgan fingerprint density at radius 2 is 1.93 bits per heavy atom. The van der Waals surface area contributed by atoms with Crippen molar-refractivity contribution in [3.05, 3.63) is 71.9 Å². The fourth-order valence-corrected chi connectivity index (χ4v) is 4.32. The number of amides is 1. The van der Waals surface area contributed by atoms with E-state index in [1.165, 1.54) is 68.8 Å². The number of aromatic nitrogens is 2. The average Bonchev–Trinajstić information content (AvgIpc) is 3.12. The van der Waals surface area contributed by atoms with Crippen molar-refractivity contribution in [3.8, 4) is 11.3 Å². The van der Waals surface area contributed by atoms with Crippen LogP contribution in [0.25, 0.3) is 11.3 Å². The van der Waals surface area contributed by atoms with Gasteiger partial charge in [0, 0.05) is 25.0 Å². The first-order valence-electron chi connectivity index (χ1n) is 8.74. The Labute approximate surface area is 172 Å². The van der Waals surface area contributed by atoms with E-state index in [4.69, 9.17) is 5.11 Å². The van der Waals surface area contributed by atoms with Crippen LogP contribution in [0.5, 0.6) is 0 Å². The summed E-state index contributed by atoms with van der Waals surface area (Å²) >= 11 is 0. The molecule has 2 heterocycles. The minimum Gasteiger partial charge on any atom is -0.465 e. The lowest BCUT2D eigenvalue weighted by molar-refractivity contribution is 0.101. The summed E-state index contributed by atoms with van der Waals surface area (Å²) in [6.07, 6.45) is 1.27. The molecule has 30 heavy (non-hydrogen) atoms. The summed E-state index contributed by atoms with van der Waals surface area (Å²) in [4.78, 5) is 27.2. The molecule has 0 unspecified atom stereocenters. The van der Waals surface area contributed by atoms with Crippen molar-refractivity contribution in [2.45, 2.75) is 18.4 Å². The second-order valence-corrected chi connectivity index (χ2v) is 8.41. The van der Waals surface area contributed by atoms with Crippen molar-refractivity contribution in [2.75, 3.05) is 7.05 Å². The standard InChI is InChI=1S/C20H18FN3O5S/c1-13(25)15-5-3-6-16(10-15)30(28,29)24-12-14(11-23(2)20(26)27)9-18(24)17-7-4-8-22-19(17)21/h3-10,12H,11H2,1-2H3,(H,26,27). The predicted octanol–water partition coefficient (Wildman–Crippen LogP) is 3.24. The Balaban J connectivity index is 2.20. The van der Waals surface area contributed by atoms with Crippen LogP contribution >= 0.6 is 0 Å². The molecule has 8 nitrogen and oxygen atoms in total. The van der Waals surface area contributed by atoms with E-state index in [-0.39, 0.29) is 34.0 Å². The molecule has 2 aromatic heterocycles. The van der Waals surface area contributed by atoms with Crippen LogP contribution in [0.15, 0.2) is 59.8 Å². The summed E-state index contributed by atoms with van der Waals surface area (Å²) in [7, 11) is -2.89. The lowest BCUT2D eigenvalue weighted by Crippen LogP contribution is -2.23. The van der Waals surface area contributed by atoms with Gasteiger partial charge in [0.2, 0.25) is 5.95 Å². The highest BCUT2D eigenvalue weighted by atomic mass is 32.2. The number of halogens is 1. The van der Waals surface area contributed by atoms with Crippen molar-refractivity contribution in [3.63, 3.8) is 0 Å². The molecule has 0 atom stereocenters. The van der Waals surface area contributed by atoms with Crippen LogP contribution in [0.2, 0.25) is 0 Å². The first-order valence-corrected chi connectivity index (χ1v) is 10.2. The van der Waals surface area contributed by atoms with Gasteiger partial charge in [0.1, 0.15) is 0 Å². The van der Waals surface area contributed by atoms with Gasteiger partial charge in [-0.2, -0.15) is 4.39 Å². The lowest BCUT2D eigenvalue weighted by Gasteiger charge is -2.12. The Morgan fingerprint density at radius 1 is 1.20 bits per heavy atom. The maximum atomic E-state index is 14.3. The van der Waals surface area contributed by atoms with E-state index < -0.39 is 22.1 Å². The zero-order valence-electron chi connectivity index (χ0n) is 16.1. The Hall–Kier alpha value is -3.53. The predicted molar refractivity (Wildman–Crippen MR) is 106 cm³/mol. The van der Waals surface area contributed by atoms with Gasteiger partial charge in [-0.1, -0.05) is 12.1 Å². The van der Waals surface area contributed by atoms with E-state index >= 15 is 0 Å². The number of Topliss-reactive ketones (excluding diaryl/α,β-unsaturated/α-hetero) is 1. The van der Waals surface area contributed by atoms with E-state index in [1.54, 1.807) is 0 Å². The zero-order chi connectivity index (χ0) is 22.1. The number of hydrogen-bond donors (Lipinski definition) is 1. The van der Waals surface area contributed by atoms with E-state index in [2.05, 4.69) is 4.98 Å². The van der Waals surface area contributed by atoms with Gasteiger partial charge in [0.15, 0.2) is 5.78 Å². The van der Waals surface area contributed by atoms with Crippen LogP contribution in [-0.2, 0) is 16.6 Å². The minimum atomic E-state index is -4.22. The molecule has 0 aliphatic carbocycles. The van der Waals surface area contributed by atoms with Crippen LogP contribution in [0.4, 0.5) is 9.18 Å². The van der Waals surface area contributed by atoms with Crippen molar-refractivity contribution in [1.29, 1.82) is 0 Å². The van der Waals surface area contributed by atoms with E-state index in [0.29, 0.717) is 5.56 Å². The molecule has 1 aromatic carbocycles. The normalized spacial score (nSPS) is 11.3. The topological polar surface area (TPSA) is 110 Å². The molecule has 0 radical (unpaired) electrons. The number of rotatable bonds is 6. The lowest BCUT2D eigenvalue weighted by atomic mass is 10.2. The molecule has 0 aliphatic rings. The molecule has 3 rings (SSSR count). The van der Waals surface area contributed by atoms with Crippen molar-refractivity contribution in [1.82, 2.24) is 13.9 Å². The number of carboxylic acid groups (broad SMARTS) is 1. The maximum Gasteiger partial charge on any atom is 0.407 e. The molecule has 0 saturated carbocycles. The summed E-state index contributed by atoms with van der Waals surface area (Å²) in [6, 6.07) is 9.73. The van der Waals surface area contributed by atoms with Gasteiger partial charge in [-0.25, -0.2) is 22.2 Å². The summed E-state index contributed by atoms with van der Waals surface area (Å²) < 4.78 is 41.9. The second kappa shape index (κ2) is 8.07. The number of hydrogen-bond acceptors (Lipinski definition) is 5. The molecule has 0 saturated heterocycles. The highest BCUT2D eigenvalue weighted by Gasteiger charge is 2.25. The van der Waals surface area contributed by atoms with Crippen LogP contribution in [0.3, 0.4) is 0 Å². The van der Waals surface area contributed by atoms with Crippen molar-refractivity contribution in [2.24, 2.45) is 0 Å². The third-order valence-electron chi connectivity index (χ3n) is 4.42. The number of pyridine rings is 1. The smallest absolute Gasteiger partial charge is 0.407 e. The largest absolute Gasteiger partial charge is 0.465 e. The van der Waals surface area contributed by atoms with Crippen LogP contribution in [0.1, 0.15) is 22.8 Å². The van der Waals surface area contributed by atoms with Crippen molar-refractivity contribution >= 4 is 21.9 Å². The summed E-state index contributed by atoms with van der Waals surface area (Å²) in [5.74, 6) is -1.18. The van der Waals surface area contributed by atoms with Gasteiger partial charge in [-0.3, -0.25) is 4.79 Å². The van der Waals surface area contributed by atoms with Gasteiger partial charge in [-0.05, 0) is 42.8 Å². The van der Waals surface area contributed by atoms with Gasteiger partial charge < -0.3 is 10.0 Å². The third-order valence-corrected chi connectivity index (χ3v) is 6.09. The molecule has 0 bridgehead atoms. The van der Waals surface area contributed by atoms with E-state index in [9.17, 15) is 22.4 Å². The monoisotopic (exact) mass is 431 g/mol. The Kier molecular flexibility index (Phi) is 5.70. The summed E-state index contributed by atoms with van der Waals surface area (Å²) in [5.41, 5.74) is 0.475.